The van der Waals surface area contributed by atoms with Gasteiger partial charge in [-0.05, 0) is 16.7 Å². The molecule has 0 amide bonds. The van der Waals surface area contributed by atoms with Crippen LogP contribution in [-0.4, -0.2) is 16.1 Å². The Labute approximate surface area is 81.8 Å². The zero-order chi connectivity index (χ0) is 8.97. The van der Waals surface area contributed by atoms with Crippen LogP contribution in [0.25, 0.3) is 0 Å². The van der Waals surface area contributed by atoms with E-state index in [0.717, 1.165) is 10.6 Å². The van der Waals surface area contributed by atoms with E-state index in [1.54, 1.807) is 23.1 Å². The molecule has 0 aliphatic rings. The zero-order valence-corrected chi connectivity index (χ0v) is 8.99. The van der Waals surface area contributed by atoms with Crippen LogP contribution in [0.5, 0.6) is 0 Å². The fourth-order valence-corrected chi connectivity index (χ4v) is 2.41. The second-order valence-corrected chi connectivity index (χ2v) is 5.50. The third-order valence-corrected chi connectivity index (χ3v) is 3.61. The van der Waals surface area contributed by atoms with Gasteiger partial charge >= 0.3 is 0 Å². The van der Waals surface area contributed by atoms with Crippen molar-refractivity contribution in [2.45, 2.75) is 25.2 Å². The van der Waals surface area contributed by atoms with Crippen molar-refractivity contribution in [2.75, 3.05) is 5.75 Å². The lowest BCUT2D eigenvalue weighted by atomic mass is 10.3. The van der Waals surface area contributed by atoms with E-state index >= 15 is 0 Å². The Kier molecular flexibility index (Phi) is 4.12. The lowest BCUT2D eigenvalue weighted by Crippen LogP contribution is -2.00. The van der Waals surface area contributed by atoms with E-state index in [1.807, 2.05) is 17.5 Å². The van der Waals surface area contributed by atoms with E-state index in [9.17, 15) is 5.11 Å². The van der Waals surface area contributed by atoms with Crippen LogP contribution in [0.3, 0.4) is 0 Å². The molecule has 0 radical (unpaired) electrons. The summed E-state index contributed by atoms with van der Waals surface area (Å²) in [6.07, 6.45) is -0.280. The van der Waals surface area contributed by atoms with Crippen LogP contribution in [0.4, 0.5) is 0 Å². The predicted molar refractivity (Wildman–Crippen MR) is 56.9 cm³/mol. The first-order valence-corrected chi connectivity index (χ1v) is 5.96. The fraction of sp³-hybridized carbons (Fsp3) is 0.556. The summed E-state index contributed by atoms with van der Waals surface area (Å²) in [6, 6.07) is 3.96. The van der Waals surface area contributed by atoms with Gasteiger partial charge in [0.2, 0.25) is 0 Å². The van der Waals surface area contributed by atoms with Crippen LogP contribution in [0.2, 0.25) is 0 Å². The molecule has 1 aromatic heterocycles. The molecule has 0 aliphatic heterocycles. The summed E-state index contributed by atoms with van der Waals surface area (Å²) < 4.78 is 0. The summed E-state index contributed by atoms with van der Waals surface area (Å²) in [6.45, 7) is 4.29. The normalized spacial score (nSPS) is 13.7. The molecular formula is C9H14OS2. The fourth-order valence-electron chi connectivity index (χ4n) is 0.847. The number of aliphatic hydroxyl groups excluding tert-OH is 1. The van der Waals surface area contributed by atoms with Crippen molar-refractivity contribution in [3.63, 3.8) is 0 Å². The standard InChI is InChI=1S/C9H14OS2/c1-7(2)12-6-8(10)9-4-3-5-11-9/h3-5,7-8,10H,6H2,1-2H3. The van der Waals surface area contributed by atoms with Gasteiger partial charge in [-0.3, -0.25) is 0 Å². The van der Waals surface area contributed by atoms with Crippen molar-refractivity contribution < 1.29 is 5.11 Å². The highest BCUT2D eigenvalue weighted by molar-refractivity contribution is 7.99. The number of thiophene rings is 1. The minimum absolute atomic E-state index is 0.280. The number of hydrogen-bond donors (Lipinski definition) is 1. The highest BCUT2D eigenvalue weighted by Gasteiger charge is 2.08. The molecule has 1 nitrogen and oxygen atoms in total. The first kappa shape index (κ1) is 10.1. The molecule has 68 valence electrons. The molecule has 1 heterocycles. The van der Waals surface area contributed by atoms with Crippen LogP contribution < -0.4 is 0 Å². The van der Waals surface area contributed by atoms with Crippen LogP contribution in [0, 0.1) is 0 Å². The number of aliphatic hydroxyl groups is 1. The second-order valence-electron chi connectivity index (χ2n) is 2.91. The molecule has 0 bridgehead atoms. The summed E-state index contributed by atoms with van der Waals surface area (Å²) >= 11 is 3.41. The summed E-state index contributed by atoms with van der Waals surface area (Å²) in [7, 11) is 0. The zero-order valence-electron chi connectivity index (χ0n) is 7.36. The summed E-state index contributed by atoms with van der Waals surface area (Å²) in [5, 5.41) is 12.2. The van der Waals surface area contributed by atoms with Gasteiger partial charge in [-0.15, -0.1) is 11.3 Å². The Morgan fingerprint density at radius 2 is 2.33 bits per heavy atom. The minimum atomic E-state index is -0.280. The Balaban J connectivity index is 2.34. The lowest BCUT2D eigenvalue weighted by molar-refractivity contribution is 0.208. The molecule has 1 unspecified atom stereocenters. The van der Waals surface area contributed by atoms with Crippen LogP contribution in [0.1, 0.15) is 24.8 Å². The van der Waals surface area contributed by atoms with E-state index in [2.05, 4.69) is 13.8 Å². The molecule has 0 aliphatic carbocycles. The van der Waals surface area contributed by atoms with Gasteiger partial charge in [-0.1, -0.05) is 19.9 Å². The van der Waals surface area contributed by atoms with Crippen LogP contribution in [-0.2, 0) is 0 Å². The Morgan fingerprint density at radius 1 is 1.58 bits per heavy atom. The predicted octanol–water partition coefficient (Wildman–Crippen LogP) is 2.92. The Hall–Kier alpha value is 0.01000. The maximum Gasteiger partial charge on any atom is 0.0972 e. The third-order valence-electron chi connectivity index (χ3n) is 1.46. The van der Waals surface area contributed by atoms with Crippen molar-refractivity contribution in [1.82, 2.24) is 0 Å². The molecule has 1 atom stereocenters. The number of thioether (sulfide) groups is 1. The monoisotopic (exact) mass is 202 g/mol. The molecular weight excluding hydrogens is 188 g/mol. The maximum absolute atomic E-state index is 9.65. The molecule has 0 spiro atoms. The van der Waals surface area contributed by atoms with Gasteiger partial charge in [0, 0.05) is 10.6 Å². The van der Waals surface area contributed by atoms with E-state index < -0.39 is 0 Å². The van der Waals surface area contributed by atoms with Gasteiger partial charge in [0.25, 0.3) is 0 Å². The number of hydrogen-bond acceptors (Lipinski definition) is 3. The molecule has 12 heavy (non-hydrogen) atoms. The highest BCUT2D eigenvalue weighted by atomic mass is 32.2. The summed E-state index contributed by atoms with van der Waals surface area (Å²) in [4.78, 5) is 1.07. The van der Waals surface area contributed by atoms with Gasteiger partial charge < -0.3 is 5.11 Å². The van der Waals surface area contributed by atoms with Crippen molar-refractivity contribution in [2.24, 2.45) is 0 Å². The summed E-state index contributed by atoms with van der Waals surface area (Å²) in [5.74, 6) is 0.804. The Morgan fingerprint density at radius 3 is 2.83 bits per heavy atom. The summed E-state index contributed by atoms with van der Waals surface area (Å²) in [5.41, 5.74) is 0. The van der Waals surface area contributed by atoms with Crippen molar-refractivity contribution in [1.29, 1.82) is 0 Å². The van der Waals surface area contributed by atoms with Gasteiger partial charge in [0.1, 0.15) is 0 Å². The first-order valence-electron chi connectivity index (χ1n) is 4.03. The third kappa shape index (κ3) is 3.17. The lowest BCUT2D eigenvalue weighted by Gasteiger charge is -2.09. The topological polar surface area (TPSA) is 20.2 Å². The van der Waals surface area contributed by atoms with Crippen molar-refractivity contribution >= 4 is 23.1 Å². The first-order chi connectivity index (χ1) is 5.70. The van der Waals surface area contributed by atoms with Gasteiger partial charge in [-0.25, -0.2) is 0 Å². The second kappa shape index (κ2) is 4.90. The molecule has 0 saturated carbocycles. The highest BCUT2D eigenvalue weighted by Crippen LogP contribution is 2.24. The van der Waals surface area contributed by atoms with Gasteiger partial charge in [0.15, 0.2) is 0 Å². The van der Waals surface area contributed by atoms with Crippen LogP contribution >= 0.6 is 23.1 Å². The Bertz CT molecular complexity index is 206. The molecule has 0 fully saturated rings. The largest absolute Gasteiger partial charge is 0.387 e. The molecule has 0 saturated heterocycles. The average molecular weight is 202 g/mol. The average Bonchev–Trinajstić information content (AvgIpc) is 2.51. The molecule has 0 aromatic carbocycles. The molecule has 1 aromatic rings. The smallest absolute Gasteiger partial charge is 0.0972 e. The van der Waals surface area contributed by atoms with E-state index in [1.165, 1.54) is 0 Å². The molecule has 1 N–H and O–H groups in total. The van der Waals surface area contributed by atoms with Gasteiger partial charge in [-0.2, -0.15) is 11.8 Å². The van der Waals surface area contributed by atoms with Crippen molar-refractivity contribution in [3.8, 4) is 0 Å². The quantitative estimate of drug-likeness (QED) is 0.810. The van der Waals surface area contributed by atoms with Crippen LogP contribution in [0.15, 0.2) is 17.5 Å². The van der Waals surface area contributed by atoms with E-state index in [-0.39, 0.29) is 6.10 Å². The molecule has 1 rings (SSSR count). The number of rotatable bonds is 4. The SMILES string of the molecule is CC(C)SCC(O)c1cccs1. The maximum atomic E-state index is 9.65. The minimum Gasteiger partial charge on any atom is -0.387 e. The van der Waals surface area contributed by atoms with Crippen molar-refractivity contribution in [3.05, 3.63) is 22.4 Å². The van der Waals surface area contributed by atoms with E-state index in [0.29, 0.717) is 5.25 Å². The van der Waals surface area contributed by atoms with Gasteiger partial charge in [0.05, 0.1) is 6.10 Å². The molecule has 3 heteroatoms. The van der Waals surface area contributed by atoms with E-state index in [4.69, 9.17) is 0 Å².